The van der Waals surface area contributed by atoms with Crippen molar-refractivity contribution in [3.63, 3.8) is 0 Å². The van der Waals surface area contributed by atoms with Crippen molar-refractivity contribution in [1.82, 2.24) is 15.5 Å². The number of amides is 1. The van der Waals surface area contributed by atoms with E-state index in [9.17, 15) is 4.79 Å². The van der Waals surface area contributed by atoms with E-state index in [-0.39, 0.29) is 11.9 Å². The van der Waals surface area contributed by atoms with Crippen molar-refractivity contribution in [2.75, 3.05) is 11.5 Å². The molecule has 2 aromatic rings. The number of carbonyl (C=O) groups is 1. The number of thioether (sulfide) groups is 1. The molecule has 21 heavy (non-hydrogen) atoms. The Hall–Kier alpha value is -1.31. The number of carbonyl (C=O) groups excluding carboxylic acids is 1. The van der Waals surface area contributed by atoms with Gasteiger partial charge in [0.05, 0.1) is 11.8 Å². The van der Waals surface area contributed by atoms with Crippen LogP contribution in [-0.2, 0) is 4.79 Å². The Morgan fingerprint density at radius 2 is 2.14 bits per heavy atom. The fourth-order valence-electron chi connectivity index (χ4n) is 1.76. The average molecular weight is 343 g/mol. The molecule has 112 valence electrons. The minimum absolute atomic E-state index is 0.0187. The Morgan fingerprint density at radius 1 is 1.43 bits per heavy atom. The SMILES string of the molecule is CCC(NC(=O)CSc1nnc(N)s1)c1ccc(Cl)cc1. The highest BCUT2D eigenvalue weighted by atomic mass is 35.5. The smallest absolute Gasteiger partial charge is 0.230 e. The molecule has 0 spiro atoms. The van der Waals surface area contributed by atoms with Gasteiger partial charge in [-0.05, 0) is 24.1 Å². The molecule has 1 amide bonds. The molecule has 0 aliphatic carbocycles. The molecule has 0 aliphatic heterocycles. The first-order valence-corrected chi connectivity index (χ1v) is 8.53. The Bertz CT molecular complexity index is 602. The summed E-state index contributed by atoms with van der Waals surface area (Å²) in [6, 6.07) is 7.48. The Balaban J connectivity index is 1.89. The monoisotopic (exact) mass is 342 g/mol. The van der Waals surface area contributed by atoms with E-state index in [4.69, 9.17) is 17.3 Å². The number of nitrogens with zero attached hydrogens (tertiary/aromatic N) is 2. The molecular formula is C13H15ClN4OS2. The van der Waals surface area contributed by atoms with Crippen molar-refractivity contribution in [2.24, 2.45) is 0 Å². The number of benzene rings is 1. The molecule has 1 heterocycles. The van der Waals surface area contributed by atoms with Gasteiger partial charge >= 0.3 is 0 Å². The Kier molecular flexibility index (Phi) is 5.84. The predicted molar refractivity (Wildman–Crippen MR) is 87.7 cm³/mol. The maximum absolute atomic E-state index is 12.0. The van der Waals surface area contributed by atoms with Crippen molar-refractivity contribution >= 4 is 45.7 Å². The van der Waals surface area contributed by atoms with Gasteiger partial charge < -0.3 is 11.1 Å². The quantitative estimate of drug-likeness (QED) is 0.788. The highest BCUT2D eigenvalue weighted by molar-refractivity contribution is 8.01. The summed E-state index contributed by atoms with van der Waals surface area (Å²) in [4.78, 5) is 12.0. The third kappa shape index (κ3) is 4.87. The molecule has 1 aromatic heterocycles. The second-order valence-electron chi connectivity index (χ2n) is 4.27. The van der Waals surface area contributed by atoms with Crippen LogP contribution in [0.15, 0.2) is 28.6 Å². The molecule has 5 nitrogen and oxygen atoms in total. The highest BCUT2D eigenvalue weighted by Gasteiger charge is 2.13. The number of nitrogens with two attached hydrogens (primary N) is 1. The van der Waals surface area contributed by atoms with Gasteiger partial charge in [-0.25, -0.2) is 0 Å². The van der Waals surface area contributed by atoms with E-state index in [1.54, 1.807) is 0 Å². The zero-order valence-electron chi connectivity index (χ0n) is 11.4. The lowest BCUT2D eigenvalue weighted by molar-refractivity contribution is -0.119. The van der Waals surface area contributed by atoms with Gasteiger partial charge in [-0.2, -0.15) is 0 Å². The average Bonchev–Trinajstić information content (AvgIpc) is 2.89. The van der Waals surface area contributed by atoms with Crippen LogP contribution >= 0.6 is 34.7 Å². The first-order chi connectivity index (χ1) is 10.1. The fraction of sp³-hybridized carbons (Fsp3) is 0.308. The Morgan fingerprint density at radius 3 is 2.71 bits per heavy atom. The number of rotatable bonds is 6. The number of anilines is 1. The number of nitrogens with one attached hydrogen (secondary N) is 1. The van der Waals surface area contributed by atoms with Crippen LogP contribution in [0.5, 0.6) is 0 Å². The highest BCUT2D eigenvalue weighted by Crippen LogP contribution is 2.24. The van der Waals surface area contributed by atoms with Crippen LogP contribution in [0.2, 0.25) is 5.02 Å². The standard InChI is InChI=1S/C13H15ClN4OS2/c1-2-10(8-3-5-9(14)6-4-8)16-11(19)7-20-13-18-17-12(15)21-13/h3-6,10H,2,7H2,1H3,(H2,15,17)(H,16,19). The topological polar surface area (TPSA) is 80.9 Å². The molecule has 0 bridgehead atoms. The summed E-state index contributed by atoms with van der Waals surface area (Å²) in [6.45, 7) is 2.03. The summed E-state index contributed by atoms with van der Waals surface area (Å²) in [5, 5.41) is 11.7. The molecule has 1 aromatic carbocycles. The molecule has 3 N–H and O–H groups in total. The van der Waals surface area contributed by atoms with E-state index < -0.39 is 0 Å². The first-order valence-electron chi connectivity index (χ1n) is 6.35. The van der Waals surface area contributed by atoms with Gasteiger partial charge in [0.15, 0.2) is 4.34 Å². The van der Waals surface area contributed by atoms with Crippen LogP contribution in [0.4, 0.5) is 5.13 Å². The van der Waals surface area contributed by atoms with E-state index >= 15 is 0 Å². The second-order valence-corrected chi connectivity index (χ2v) is 6.94. The molecule has 0 saturated heterocycles. The Labute approximate surface area is 136 Å². The number of aromatic nitrogens is 2. The van der Waals surface area contributed by atoms with Gasteiger partial charge in [-0.3, -0.25) is 4.79 Å². The molecule has 2 rings (SSSR count). The predicted octanol–water partition coefficient (Wildman–Crippen LogP) is 3.13. The normalized spacial score (nSPS) is 12.1. The third-order valence-electron chi connectivity index (χ3n) is 2.76. The van der Waals surface area contributed by atoms with E-state index in [2.05, 4.69) is 15.5 Å². The van der Waals surface area contributed by atoms with E-state index in [0.29, 0.717) is 20.2 Å². The number of nitrogen functional groups attached to an aromatic ring is 1. The van der Waals surface area contributed by atoms with Crippen molar-refractivity contribution in [2.45, 2.75) is 23.7 Å². The number of hydrogen-bond donors (Lipinski definition) is 2. The summed E-state index contributed by atoms with van der Waals surface area (Å²) in [7, 11) is 0. The second kappa shape index (κ2) is 7.63. The molecule has 0 aliphatic rings. The number of halogens is 1. The first kappa shape index (κ1) is 16.1. The lowest BCUT2D eigenvalue weighted by Crippen LogP contribution is -2.29. The summed E-state index contributed by atoms with van der Waals surface area (Å²) in [6.07, 6.45) is 0.809. The fourth-order valence-corrected chi connectivity index (χ4v) is 3.33. The summed E-state index contributed by atoms with van der Waals surface area (Å²) in [5.74, 6) is 0.245. The maximum atomic E-state index is 12.0. The largest absolute Gasteiger partial charge is 0.374 e. The molecule has 8 heteroatoms. The summed E-state index contributed by atoms with van der Waals surface area (Å²) in [5.41, 5.74) is 6.54. The zero-order valence-corrected chi connectivity index (χ0v) is 13.8. The summed E-state index contributed by atoms with van der Waals surface area (Å²) >= 11 is 8.48. The maximum Gasteiger partial charge on any atom is 0.230 e. The van der Waals surface area contributed by atoms with E-state index in [1.165, 1.54) is 23.1 Å². The molecule has 0 saturated carbocycles. The number of hydrogen-bond acceptors (Lipinski definition) is 6. The molecular weight excluding hydrogens is 328 g/mol. The van der Waals surface area contributed by atoms with Gasteiger partial charge in [0.25, 0.3) is 0 Å². The zero-order chi connectivity index (χ0) is 15.2. The van der Waals surface area contributed by atoms with Crippen LogP contribution in [0.3, 0.4) is 0 Å². The molecule has 0 fully saturated rings. The van der Waals surface area contributed by atoms with Crippen LogP contribution in [0, 0.1) is 0 Å². The van der Waals surface area contributed by atoms with Crippen LogP contribution in [0.1, 0.15) is 24.9 Å². The lowest BCUT2D eigenvalue weighted by atomic mass is 10.0. The van der Waals surface area contributed by atoms with Crippen LogP contribution in [0.25, 0.3) is 0 Å². The molecule has 1 atom stereocenters. The van der Waals surface area contributed by atoms with Gasteiger partial charge in [0.2, 0.25) is 11.0 Å². The van der Waals surface area contributed by atoms with Crippen molar-refractivity contribution in [3.8, 4) is 0 Å². The lowest BCUT2D eigenvalue weighted by Gasteiger charge is -2.17. The van der Waals surface area contributed by atoms with Crippen LogP contribution < -0.4 is 11.1 Å². The molecule has 0 radical (unpaired) electrons. The molecule has 1 unspecified atom stereocenters. The van der Waals surface area contributed by atoms with E-state index in [1.807, 2.05) is 31.2 Å². The third-order valence-corrected chi connectivity index (χ3v) is 4.90. The minimum Gasteiger partial charge on any atom is -0.374 e. The van der Waals surface area contributed by atoms with Gasteiger partial charge in [-0.1, -0.05) is 53.8 Å². The van der Waals surface area contributed by atoms with Crippen molar-refractivity contribution < 1.29 is 4.79 Å². The summed E-state index contributed by atoms with van der Waals surface area (Å²) < 4.78 is 0.696. The van der Waals surface area contributed by atoms with Crippen molar-refractivity contribution in [3.05, 3.63) is 34.9 Å². The van der Waals surface area contributed by atoms with Crippen molar-refractivity contribution in [1.29, 1.82) is 0 Å². The van der Waals surface area contributed by atoms with Gasteiger partial charge in [0.1, 0.15) is 0 Å². The van der Waals surface area contributed by atoms with Gasteiger partial charge in [-0.15, -0.1) is 10.2 Å². The van der Waals surface area contributed by atoms with E-state index in [0.717, 1.165) is 12.0 Å². The van der Waals surface area contributed by atoms with Gasteiger partial charge in [0, 0.05) is 5.02 Å². The van der Waals surface area contributed by atoms with Crippen LogP contribution in [-0.4, -0.2) is 21.9 Å². The minimum atomic E-state index is -0.0458.